The van der Waals surface area contributed by atoms with Gasteiger partial charge in [0.05, 0.1) is 18.1 Å². The predicted octanol–water partition coefficient (Wildman–Crippen LogP) is 4.03. The molecule has 1 amide bonds. The number of amides is 1. The molecule has 2 aromatic carbocycles. The molecule has 26 heavy (non-hydrogen) atoms. The molecule has 1 aliphatic rings. The highest BCUT2D eigenvalue weighted by atomic mass is 16.5. The molecule has 0 saturated heterocycles. The van der Waals surface area contributed by atoms with E-state index in [2.05, 4.69) is 16.4 Å². The van der Waals surface area contributed by atoms with E-state index in [9.17, 15) is 4.79 Å². The lowest BCUT2D eigenvalue weighted by atomic mass is 9.85. The second-order valence-corrected chi connectivity index (χ2v) is 6.90. The number of aromatic nitrogens is 2. The van der Waals surface area contributed by atoms with Gasteiger partial charge in [0.25, 0.3) is 5.91 Å². The maximum absolute atomic E-state index is 12.5. The second kappa shape index (κ2) is 7.20. The van der Waals surface area contributed by atoms with Crippen molar-refractivity contribution in [1.82, 2.24) is 15.3 Å². The van der Waals surface area contributed by atoms with Crippen molar-refractivity contribution < 1.29 is 9.53 Å². The highest BCUT2D eigenvalue weighted by molar-refractivity contribution is 5.94. The summed E-state index contributed by atoms with van der Waals surface area (Å²) in [5.74, 6) is 2.12. The number of imidazole rings is 1. The van der Waals surface area contributed by atoms with Crippen molar-refractivity contribution in [2.24, 2.45) is 0 Å². The molecule has 3 aromatic rings. The van der Waals surface area contributed by atoms with Gasteiger partial charge in [0.2, 0.25) is 0 Å². The number of fused-ring (bicyclic) bond motifs is 1. The predicted molar refractivity (Wildman–Crippen MR) is 102 cm³/mol. The van der Waals surface area contributed by atoms with Crippen LogP contribution in [0, 0.1) is 0 Å². The molecule has 5 heteroatoms. The Morgan fingerprint density at radius 2 is 1.96 bits per heavy atom. The fourth-order valence-electron chi connectivity index (χ4n) is 3.75. The van der Waals surface area contributed by atoms with Crippen molar-refractivity contribution in [1.29, 1.82) is 0 Å². The summed E-state index contributed by atoms with van der Waals surface area (Å²) in [6, 6.07) is 15.5. The van der Waals surface area contributed by atoms with Crippen molar-refractivity contribution in [3.63, 3.8) is 0 Å². The molecule has 0 bridgehead atoms. The van der Waals surface area contributed by atoms with Crippen molar-refractivity contribution in [3.05, 3.63) is 59.9 Å². The van der Waals surface area contributed by atoms with E-state index in [0.717, 1.165) is 48.3 Å². The maximum atomic E-state index is 12.5. The zero-order chi connectivity index (χ0) is 17.9. The van der Waals surface area contributed by atoms with Crippen LogP contribution in [-0.4, -0.2) is 29.0 Å². The number of ether oxygens (including phenoxy) is 1. The number of carbonyl (C=O) groups excluding carboxylic acids is 1. The van der Waals surface area contributed by atoms with Gasteiger partial charge >= 0.3 is 0 Å². The molecule has 0 spiro atoms. The number of hydrogen-bond acceptors (Lipinski definition) is 3. The average Bonchev–Trinajstić information content (AvgIpc) is 3.12. The third-order valence-corrected chi connectivity index (χ3v) is 5.16. The molecule has 134 valence electrons. The Labute approximate surface area is 152 Å². The largest absolute Gasteiger partial charge is 0.497 e. The van der Waals surface area contributed by atoms with Crippen molar-refractivity contribution >= 4 is 16.9 Å². The number of aromatic amines is 1. The lowest BCUT2D eigenvalue weighted by Crippen LogP contribution is -2.38. The summed E-state index contributed by atoms with van der Waals surface area (Å²) in [5.41, 5.74) is 2.75. The van der Waals surface area contributed by atoms with Crippen molar-refractivity contribution in [2.75, 3.05) is 7.11 Å². The molecule has 1 aromatic heterocycles. The second-order valence-electron chi connectivity index (χ2n) is 6.90. The van der Waals surface area contributed by atoms with Crippen molar-refractivity contribution in [3.8, 4) is 5.75 Å². The van der Waals surface area contributed by atoms with E-state index >= 15 is 0 Å². The van der Waals surface area contributed by atoms with E-state index in [0.29, 0.717) is 11.5 Å². The molecule has 1 saturated carbocycles. The summed E-state index contributed by atoms with van der Waals surface area (Å²) in [5, 5.41) is 3.18. The normalized spacial score (nSPS) is 20.0. The summed E-state index contributed by atoms with van der Waals surface area (Å²) in [7, 11) is 1.62. The quantitative estimate of drug-likeness (QED) is 0.747. The van der Waals surface area contributed by atoms with Gasteiger partial charge in [-0.3, -0.25) is 4.79 Å². The summed E-state index contributed by atoms with van der Waals surface area (Å²) < 4.78 is 5.14. The number of H-pyrrole nitrogens is 1. The first-order valence-electron chi connectivity index (χ1n) is 9.12. The summed E-state index contributed by atoms with van der Waals surface area (Å²) in [6.45, 7) is 0. The lowest BCUT2D eigenvalue weighted by molar-refractivity contribution is 0.0924. The fraction of sp³-hybridized carbons (Fsp3) is 0.333. The molecule has 0 aliphatic heterocycles. The topological polar surface area (TPSA) is 67.0 Å². The van der Waals surface area contributed by atoms with E-state index in [1.54, 1.807) is 19.2 Å². The number of nitrogens with one attached hydrogen (secondary N) is 2. The average molecular weight is 349 g/mol. The van der Waals surface area contributed by atoms with E-state index in [-0.39, 0.29) is 11.9 Å². The summed E-state index contributed by atoms with van der Waals surface area (Å²) >= 11 is 0. The first-order valence-corrected chi connectivity index (χ1v) is 9.12. The van der Waals surface area contributed by atoms with Crippen LogP contribution in [0.5, 0.6) is 5.75 Å². The molecule has 5 nitrogen and oxygen atoms in total. The van der Waals surface area contributed by atoms with E-state index in [1.807, 2.05) is 30.3 Å². The van der Waals surface area contributed by atoms with E-state index < -0.39 is 0 Å². The standard InChI is InChI=1S/C21H23N3O2/c1-26-17-11-9-14(10-12-17)21(25)22-16-6-4-5-15(13-16)20-23-18-7-2-3-8-19(18)24-20/h2-3,7-12,15-16H,4-6,13H2,1H3,(H,22,25)(H,23,24). The summed E-state index contributed by atoms with van der Waals surface area (Å²) in [6.07, 6.45) is 4.13. The molecular formula is C21H23N3O2. The number of para-hydroxylation sites is 2. The minimum atomic E-state index is -0.0251. The Morgan fingerprint density at radius 3 is 2.73 bits per heavy atom. The minimum Gasteiger partial charge on any atom is -0.497 e. The zero-order valence-corrected chi connectivity index (χ0v) is 14.9. The monoisotopic (exact) mass is 349 g/mol. The first kappa shape index (κ1) is 16.6. The Bertz CT molecular complexity index is 868. The zero-order valence-electron chi connectivity index (χ0n) is 14.9. The lowest BCUT2D eigenvalue weighted by Gasteiger charge is -2.28. The summed E-state index contributed by atoms with van der Waals surface area (Å²) in [4.78, 5) is 20.7. The Kier molecular flexibility index (Phi) is 4.61. The molecule has 2 atom stereocenters. The first-order chi connectivity index (χ1) is 12.7. The Hall–Kier alpha value is -2.82. The van der Waals surface area contributed by atoms with Crippen LogP contribution in [-0.2, 0) is 0 Å². The van der Waals surface area contributed by atoms with Crippen molar-refractivity contribution in [2.45, 2.75) is 37.6 Å². The molecular weight excluding hydrogens is 326 g/mol. The Morgan fingerprint density at radius 1 is 1.15 bits per heavy atom. The minimum absolute atomic E-state index is 0.0251. The van der Waals surface area contributed by atoms with Gasteiger partial charge in [-0.15, -0.1) is 0 Å². The van der Waals surface area contributed by atoms with Gasteiger partial charge in [-0.05, 0) is 55.7 Å². The van der Waals surface area contributed by atoms with E-state index in [1.165, 1.54) is 0 Å². The van der Waals surface area contributed by atoms with Crippen LogP contribution >= 0.6 is 0 Å². The number of hydrogen-bond donors (Lipinski definition) is 2. The van der Waals surface area contributed by atoms with Gasteiger partial charge in [0, 0.05) is 17.5 Å². The van der Waals surface area contributed by atoms with Crippen LogP contribution < -0.4 is 10.1 Å². The number of methoxy groups -OCH3 is 1. The third kappa shape index (κ3) is 3.43. The SMILES string of the molecule is COc1ccc(C(=O)NC2CCCC(c3nc4ccccc4[nH]3)C2)cc1. The number of benzene rings is 2. The Balaban J connectivity index is 1.43. The molecule has 0 radical (unpaired) electrons. The van der Waals surface area contributed by atoms with Crippen LogP contribution in [0.25, 0.3) is 11.0 Å². The molecule has 1 aliphatic carbocycles. The van der Waals surface area contributed by atoms with Gasteiger partial charge in [-0.2, -0.15) is 0 Å². The molecule has 4 rings (SSSR count). The van der Waals surface area contributed by atoms with Crippen LogP contribution in [0.2, 0.25) is 0 Å². The fourth-order valence-corrected chi connectivity index (χ4v) is 3.75. The molecule has 2 N–H and O–H groups in total. The highest BCUT2D eigenvalue weighted by Gasteiger charge is 2.26. The molecule has 1 fully saturated rings. The van der Waals surface area contributed by atoms with Crippen LogP contribution in [0.15, 0.2) is 48.5 Å². The molecule has 2 unspecified atom stereocenters. The van der Waals surface area contributed by atoms with Gasteiger partial charge < -0.3 is 15.0 Å². The van der Waals surface area contributed by atoms with Gasteiger partial charge in [0.1, 0.15) is 11.6 Å². The van der Waals surface area contributed by atoms with Gasteiger partial charge in [0.15, 0.2) is 0 Å². The highest BCUT2D eigenvalue weighted by Crippen LogP contribution is 2.32. The maximum Gasteiger partial charge on any atom is 0.251 e. The third-order valence-electron chi connectivity index (χ3n) is 5.16. The number of carbonyl (C=O) groups is 1. The smallest absolute Gasteiger partial charge is 0.251 e. The van der Waals surface area contributed by atoms with Crippen LogP contribution in [0.1, 0.15) is 47.8 Å². The van der Waals surface area contributed by atoms with Gasteiger partial charge in [-0.25, -0.2) is 4.98 Å². The van der Waals surface area contributed by atoms with Gasteiger partial charge in [-0.1, -0.05) is 18.6 Å². The van der Waals surface area contributed by atoms with Crippen LogP contribution in [0.4, 0.5) is 0 Å². The van der Waals surface area contributed by atoms with Crippen LogP contribution in [0.3, 0.4) is 0 Å². The van der Waals surface area contributed by atoms with E-state index in [4.69, 9.17) is 9.72 Å². The molecule has 1 heterocycles. The number of rotatable bonds is 4. The number of nitrogens with zero attached hydrogens (tertiary/aromatic N) is 1.